The van der Waals surface area contributed by atoms with Crippen LogP contribution in [0.3, 0.4) is 0 Å². The van der Waals surface area contributed by atoms with Crippen molar-refractivity contribution in [3.63, 3.8) is 0 Å². The Bertz CT molecular complexity index is 712. The summed E-state index contributed by atoms with van der Waals surface area (Å²) in [6.45, 7) is 2.48. The minimum Gasteiger partial charge on any atom is -0.381 e. The summed E-state index contributed by atoms with van der Waals surface area (Å²) in [7, 11) is 0. The van der Waals surface area contributed by atoms with E-state index in [9.17, 15) is 14.4 Å². The maximum atomic E-state index is 13.1. The number of hydrogen-bond acceptors (Lipinski definition) is 5. The molecule has 6 nitrogen and oxygen atoms in total. The van der Waals surface area contributed by atoms with Gasteiger partial charge in [-0.2, -0.15) is 0 Å². The fraction of sp³-hybridized carbons (Fsp3) is 0.526. The van der Waals surface area contributed by atoms with Gasteiger partial charge in [0.2, 0.25) is 5.91 Å². The van der Waals surface area contributed by atoms with E-state index in [1.807, 2.05) is 29.2 Å². The molecule has 0 spiro atoms. The number of imide groups is 1. The summed E-state index contributed by atoms with van der Waals surface area (Å²) in [4.78, 5) is 39.9. The van der Waals surface area contributed by atoms with Crippen LogP contribution in [0.5, 0.6) is 0 Å². The molecule has 0 bridgehead atoms. The molecule has 0 aromatic heterocycles. The molecule has 26 heavy (non-hydrogen) atoms. The fourth-order valence-corrected chi connectivity index (χ4v) is 4.20. The number of rotatable bonds is 6. The first kappa shape index (κ1) is 17.5. The van der Waals surface area contributed by atoms with Crippen LogP contribution in [0.2, 0.25) is 0 Å². The van der Waals surface area contributed by atoms with Crippen molar-refractivity contribution < 1.29 is 19.1 Å². The number of benzene rings is 1. The first-order valence-corrected chi connectivity index (χ1v) is 10.0. The lowest BCUT2D eigenvalue weighted by Crippen LogP contribution is -2.37. The van der Waals surface area contributed by atoms with E-state index in [2.05, 4.69) is 0 Å². The van der Waals surface area contributed by atoms with Crippen LogP contribution in [0.1, 0.15) is 35.2 Å². The highest BCUT2D eigenvalue weighted by molar-refractivity contribution is 8.14. The van der Waals surface area contributed by atoms with Crippen molar-refractivity contribution in [3.8, 4) is 0 Å². The number of carbonyl (C=O) groups excluding carboxylic acids is 3. The summed E-state index contributed by atoms with van der Waals surface area (Å²) >= 11 is 1.03. The molecule has 1 atom stereocenters. The molecule has 0 unspecified atom stereocenters. The predicted octanol–water partition coefficient (Wildman–Crippen LogP) is 2.52. The van der Waals surface area contributed by atoms with Gasteiger partial charge in [0.15, 0.2) is 0 Å². The lowest BCUT2D eigenvalue weighted by molar-refractivity contribution is -0.125. The summed E-state index contributed by atoms with van der Waals surface area (Å²) in [5.41, 5.74) is 1.43. The minimum atomic E-state index is -0.215. The molecular weight excluding hydrogens is 352 g/mol. The third-order valence-electron chi connectivity index (χ3n) is 5.08. The van der Waals surface area contributed by atoms with Crippen LogP contribution in [-0.2, 0) is 16.1 Å². The van der Waals surface area contributed by atoms with Gasteiger partial charge in [-0.25, -0.2) is 0 Å². The lowest BCUT2D eigenvalue weighted by atomic mass is 10.1. The molecule has 3 aliphatic rings. The zero-order chi connectivity index (χ0) is 18.1. The van der Waals surface area contributed by atoms with Crippen LogP contribution >= 0.6 is 11.8 Å². The quantitative estimate of drug-likeness (QED) is 0.765. The molecule has 4 rings (SSSR count). The van der Waals surface area contributed by atoms with E-state index in [0.717, 1.165) is 56.3 Å². The van der Waals surface area contributed by atoms with Crippen LogP contribution < -0.4 is 0 Å². The molecule has 138 valence electrons. The highest BCUT2D eigenvalue weighted by atomic mass is 32.2. The normalized spacial score (nSPS) is 22.9. The van der Waals surface area contributed by atoms with Gasteiger partial charge >= 0.3 is 0 Å². The third-order valence-corrected chi connectivity index (χ3v) is 5.94. The molecule has 0 radical (unpaired) electrons. The van der Waals surface area contributed by atoms with Crippen LogP contribution in [0, 0.1) is 5.92 Å². The summed E-state index contributed by atoms with van der Waals surface area (Å²) in [5.74, 6) is 0.489. The van der Waals surface area contributed by atoms with Gasteiger partial charge in [-0.15, -0.1) is 0 Å². The Hall–Kier alpha value is -1.86. The highest BCUT2D eigenvalue weighted by Crippen LogP contribution is 2.30. The topological polar surface area (TPSA) is 66.9 Å². The van der Waals surface area contributed by atoms with E-state index in [4.69, 9.17) is 4.74 Å². The van der Waals surface area contributed by atoms with Crippen molar-refractivity contribution in [2.45, 2.75) is 31.8 Å². The smallest absolute Gasteiger partial charge is 0.289 e. The van der Waals surface area contributed by atoms with E-state index in [-0.39, 0.29) is 29.4 Å². The fourth-order valence-electron chi connectivity index (χ4n) is 3.47. The van der Waals surface area contributed by atoms with Crippen molar-refractivity contribution in [1.29, 1.82) is 0 Å². The number of nitrogens with zero attached hydrogens (tertiary/aromatic N) is 2. The second kappa shape index (κ2) is 7.40. The SMILES string of the molecule is O=C1CSC(=O)N1Cc1cccc(C(=O)N(C[C@@H]2CCOC2)C2CC2)c1. The molecule has 1 aliphatic carbocycles. The molecule has 0 N–H and O–H groups in total. The second-order valence-corrected chi connectivity index (χ2v) is 8.08. The Labute approximate surface area is 156 Å². The largest absolute Gasteiger partial charge is 0.381 e. The number of carbonyl (C=O) groups is 3. The zero-order valence-corrected chi connectivity index (χ0v) is 15.4. The van der Waals surface area contributed by atoms with Crippen molar-refractivity contribution in [2.75, 3.05) is 25.5 Å². The summed E-state index contributed by atoms with van der Waals surface area (Å²) < 4.78 is 5.45. The van der Waals surface area contributed by atoms with Crippen LogP contribution in [0.25, 0.3) is 0 Å². The van der Waals surface area contributed by atoms with Gasteiger partial charge in [-0.1, -0.05) is 23.9 Å². The molecule has 2 aliphatic heterocycles. The number of ether oxygens (including phenoxy) is 1. The standard InChI is InChI=1S/C19H22N2O4S/c22-17-12-26-19(24)21(17)9-13-2-1-3-15(8-13)18(23)20(16-4-5-16)10-14-6-7-25-11-14/h1-3,8,14,16H,4-7,9-12H2/t14-/m0/s1. The van der Waals surface area contributed by atoms with E-state index in [1.54, 1.807) is 0 Å². The zero-order valence-electron chi connectivity index (χ0n) is 14.6. The molecule has 3 fully saturated rings. The van der Waals surface area contributed by atoms with E-state index < -0.39 is 0 Å². The van der Waals surface area contributed by atoms with Crippen molar-refractivity contribution in [2.24, 2.45) is 5.92 Å². The summed E-state index contributed by atoms with van der Waals surface area (Å²) in [5, 5.41) is -0.215. The van der Waals surface area contributed by atoms with E-state index in [1.165, 1.54) is 4.90 Å². The van der Waals surface area contributed by atoms with Gasteiger partial charge in [0.1, 0.15) is 0 Å². The first-order valence-electron chi connectivity index (χ1n) is 9.06. The van der Waals surface area contributed by atoms with Gasteiger partial charge < -0.3 is 9.64 Å². The molecule has 2 saturated heterocycles. The Morgan fingerprint density at radius 1 is 1.27 bits per heavy atom. The highest BCUT2D eigenvalue weighted by Gasteiger charge is 2.35. The number of amides is 3. The third kappa shape index (κ3) is 3.78. The Balaban J connectivity index is 1.48. The van der Waals surface area contributed by atoms with E-state index in [0.29, 0.717) is 17.5 Å². The maximum absolute atomic E-state index is 13.1. The molecule has 2 heterocycles. The van der Waals surface area contributed by atoms with Gasteiger partial charge in [0.25, 0.3) is 11.1 Å². The average molecular weight is 374 g/mol. The predicted molar refractivity (Wildman–Crippen MR) is 97.8 cm³/mol. The van der Waals surface area contributed by atoms with Gasteiger partial charge in [-0.05, 0) is 37.0 Å². The monoisotopic (exact) mass is 374 g/mol. The summed E-state index contributed by atoms with van der Waals surface area (Å²) in [6, 6.07) is 7.64. The van der Waals surface area contributed by atoms with E-state index >= 15 is 0 Å². The number of hydrogen-bond donors (Lipinski definition) is 0. The maximum Gasteiger partial charge on any atom is 0.289 e. The van der Waals surface area contributed by atoms with Gasteiger partial charge in [0, 0.05) is 30.7 Å². The van der Waals surface area contributed by atoms with Crippen molar-refractivity contribution >= 4 is 28.8 Å². The Kier molecular flexibility index (Phi) is 5.00. The Morgan fingerprint density at radius 3 is 2.77 bits per heavy atom. The van der Waals surface area contributed by atoms with Crippen LogP contribution in [0.15, 0.2) is 24.3 Å². The number of thioether (sulfide) groups is 1. The molecular formula is C19H22N2O4S. The molecule has 1 aromatic rings. The summed E-state index contributed by atoms with van der Waals surface area (Å²) in [6.07, 6.45) is 3.13. The molecule has 7 heteroatoms. The van der Waals surface area contributed by atoms with Gasteiger partial charge in [0.05, 0.1) is 18.9 Å². The molecule has 1 aromatic carbocycles. The lowest BCUT2D eigenvalue weighted by Gasteiger charge is -2.25. The Morgan fingerprint density at radius 2 is 2.12 bits per heavy atom. The molecule has 1 saturated carbocycles. The molecule has 3 amide bonds. The van der Waals surface area contributed by atoms with Crippen molar-refractivity contribution in [1.82, 2.24) is 9.80 Å². The van der Waals surface area contributed by atoms with Crippen LogP contribution in [-0.4, -0.2) is 58.4 Å². The second-order valence-electron chi connectivity index (χ2n) is 7.15. The first-order chi connectivity index (χ1) is 12.6. The average Bonchev–Trinajstić information content (AvgIpc) is 3.28. The van der Waals surface area contributed by atoms with Crippen molar-refractivity contribution in [3.05, 3.63) is 35.4 Å². The van der Waals surface area contributed by atoms with Gasteiger partial charge in [-0.3, -0.25) is 19.3 Å². The van der Waals surface area contributed by atoms with Crippen LogP contribution in [0.4, 0.5) is 4.79 Å². The minimum absolute atomic E-state index is 0.0368.